The lowest BCUT2D eigenvalue weighted by Crippen LogP contribution is -2.21. The van der Waals surface area contributed by atoms with Crippen molar-refractivity contribution in [2.24, 2.45) is 11.7 Å². The first-order chi connectivity index (χ1) is 9.24. The summed E-state index contributed by atoms with van der Waals surface area (Å²) in [5.74, 6) is 1.92. The van der Waals surface area contributed by atoms with Gasteiger partial charge in [0.1, 0.15) is 11.5 Å². The Bertz CT molecular complexity index is 427. The van der Waals surface area contributed by atoms with Crippen molar-refractivity contribution in [3.63, 3.8) is 0 Å². The minimum Gasteiger partial charge on any atom is -0.493 e. The Labute approximate surface area is 115 Å². The normalized spacial score (nSPS) is 19.4. The topological polar surface area (TPSA) is 52.3 Å². The Balaban J connectivity index is 1.99. The second-order valence-electron chi connectivity index (χ2n) is 5.33. The van der Waals surface area contributed by atoms with Crippen molar-refractivity contribution in [1.82, 2.24) is 0 Å². The van der Waals surface area contributed by atoms with Crippen molar-refractivity contribution >= 4 is 5.78 Å². The predicted octanol–water partition coefficient (Wildman–Crippen LogP) is 2.89. The summed E-state index contributed by atoms with van der Waals surface area (Å²) in [6, 6.07) is 8.05. The average Bonchev–Trinajstić information content (AvgIpc) is 2.45. The van der Waals surface area contributed by atoms with E-state index in [1.165, 1.54) is 5.56 Å². The molecule has 1 aliphatic rings. The van der Waals surface area contributed by atoms with Gasteiger partial charge in [-0.15, -0.1) is 0 Å². The first-order valence-corrected chi connectivity index (χ1v) is 7.18. The van der Waals surface area contributed by atoms with Gasteiger partial charge in [-0.25, -0.2) is 0 Å². The maximum absolute atomic E-state index is 12.2. The number of carbonyl (C=O) groups is 1. The van der Waals surface area contributed by atoms with Crippen LogP contribution in [0.3, 0.4) is 0 Å². The third kappa shape index (κ3) is 3.57. The molecule has 0 spiro atoms. The molecule has 0 amide bonds. The molecule has 0 aliphatic carbocycles. The van der Waals surface area contributed by atoms with Crippen LogP contribution in [0.2, 0.25) is 0 Å². The van der Waals surface area contributed by atoms with Gasteiger partial charge < -0.3 is 10.5 Å². The lowest BCUT2D eigenvalue weighted by molar-refractivity contribution is -0.120. The fraction of sp³-hybridized carbons (Fsp3) is 0.562. The van der Waals surface area contributed by atoms with Crippen molar-refractivity contribution < 1.29 is 9.53 Å². The quantitative estimate of drug-likeness (QED) is 0.856. The number of benzene rings is 1. The van der Waals surface area contributed by atoms with Crippen LogP contribution in [-0.2, 0) is 4.79 Å². The molecule has 0 fully saturated rings. The Morgan fingerprint density at radius 2 is 2.26 bits per heavy atom. The summed E-state index contributed by atoms with van der Waals surface area (Å²) >= 11 is 0. The van der Waals surface area contributed by atoms with Gasteiger partial charge in [0.2, 0.25) is 0 Å². The van der Waals surface area contributed by atoms with Crippen molar-refractivity contribution in [2.45, 2.75) is 38.5 Å². The van der Waals surface area contributed by atoms with E-state index < -0.39 is 0 Å². The van der Waals surface area contributed by atoms with E-state index in [9.17, 15) is 4.79 Å². The van der Waals surface area contributed by atoms with E-state index >= 15 is 0 Å². The summed E-state index contributed by atoms with van der Waals surface area (Å²) in [5.41, 5.74) is 6.85. The highest BCUT2D eigenvalue weighted by molar-refractivity contribution is 5.79. The van der Waals surface area contributed by atoms with Crippen LogP contribution >= 0.6 is 0 Å². The van der Waals surface area contributed by atoms with E-state index in [1.807, 2.05) is 18.2 Å². The van der Waals surface area contributed by atoms with Crippen LogP contribution in [0.25, 0.3) is 0 Å². The molecule has 1 aromatic carbocycles. The van der Waals surface area contributed by atoms with Crippen LogP contribution in [-0.4, -0.2) is 18.9 Å². The Hall–Kier alpha value is -1.35. The molecule has 19 heavy (non-hydrogen) atoms. The van der Waals surface area contributed by atoms with E-state index in [2.05, 4.69) is 13.0 Å². The van der Waals surface area contributed by atoms with Gasteiger partial charge in [-0.1, -0.05) is 31.5 Å². The molecule has 1 aromatic rings. The number of para-hydroxylation sites is 1. The number of hydrogen-bond acceptors (Lipinski definition) is 3. The molecule has 104 valence electrons. The minimum absolute atomic E-state index is 0.313. The van der Waals surface area contributed by atoms with E-state index in [0.29, 0.717) is 43.6 Å². The van der Waals surface area contributed by atoms with Crippen LogP contribution in [0.4, 0.5) is 0 Å². The second kappa shape index (κ2) is 6.71. The van der Waals surface area contributed by atoms with Crippen LogP contribution < -0.4 is 10.5 Å². The molecular formula is C16H23NO2. The smallest absolute Gasteiger partial charge is 0.133 e. The molecule has 0 radical (unpaired) electrons. The summed E-state index contributed by atoms with van der Waals surface area (Å²) in [6.45, 7) is 3.41. The van der Waals surface area contributed by atoms with Gasteiger partial charge in [0.05, 0.1) is 6.61 Å². The molecule has 1 heterocycles. The zero-order chi connectivity index (χ0) is 13.7. The molecule has 0 saturated carbocycles. The monoisotopic (exact) mass is 261 g/mol. The zero-order valence-corrected chi connectivity index (χ0v) is 11.6. The van der Waals surface area contributed by atoms with Crippen LogP contribution in [0.15, 0.2) is 24.3 Å². The third-order valence-electron chi connectivity index (χ3n) is 3.98. The summed E-state index contributed by atoms with van der Waals surface area (Å²) in [5, 5.41) is 0. The highest BCUT2D eigenvalue weighted by Crippen LogP contribution is 2.35. The van der Waals surface area contributed by atoms with Gasteiger partial charge in [-0.3, -0.25) is 4.79 Å². The van der Waals surface area contributed by atoms with Crippen LogP contribution in [0.1, 0.15) is 44.1 Å². The Morgan fingerprint density at radius 3 is 3.00 bits per heavy atom. The maximum atomic E-state index is 12.2. The standard InChI is InChI=1S/C16H23NO2/c1-2-12(11-17)9-14(18)10-13-7-8-19-16-6-4-3-5-15(13)16/h3-6,12-13H,2,7-11,17H2,1H3. The number of rotatable bonds is 6. The highest BCUT2D eigenvalue weighted by Gasteiger charge is 2.24. The number of ketones is 1. The fourth-order valence-corrected chi connectivity index (χ4v) is 2.70. The van der Waals surface area contributed by atoms with Gasteiger partial charge in [-0.05, 0) is 36.4 Å². The number of fused-ring (bicyclic) bond motifs is 1. The molecule has 3 nitrogen and oxygen atoms in total. The van der Waals surface area contributed by atoms with Gasteiger partial charge in [0.25, 0.3) is 0 Å². The molecule has 0 bridgehead atoms. The largest absolute Gasteiger partial charge is 0.493 e. The molecule has 2 unspecified atom stereocenters. The van der Waals surface area contributed by atoms with Gasteiger partial charge >= 0.3 is 0 Å². The number of nitrogens with two attached hydrogens (primary N) is 1. The lowest BCUT2D eigenvalue weighted by atomic mass is 9.86. The minimum atomic E-state index is 0.313. The van der Waals surface area contributed by atoms with Crippen molar-refractivity contribution in [3.05, 3.63) is 29.8 Å². The van der Waals surface area contributed by atoms with Crippen LogP contribution in [0, 0.1) is 5.92 Å². The van der Waals surface area contributed by atoms with Crippen molar-refractivity contribution in [1.29, 1.82) is 0 Å². The third-order valence-corrected chi connectivity index (χ3v) is 3.98. The summed E-state index contributed by atoms with van der Waals surface area (Å²) in [4.78, 5) is 12.2. The zero-order valence-electron chi connectivity index (χ0n) is 11.6. The number of Topliss-reactive ketones (excluding diaryl/α,β-unsaturated/α-hetero) is 1. The molecular weight excluding hydrogens is 238 g/mol. The second-order valence-corrected chi connectivity index (χ2v) is 5.33. The Morgan fingerprint density at radius 1 is 1.47 bits per heavy atom. The maximum Gasteiger partial charge on any atom is 0.133 e. The van der Waals surface area contributed by atoms with E-state index in [4.69, 9.17) is 10.5 Å². The van der Waals surface area contributed by atoms with E-state index in [-0.39, 0.29) is 0 Å². The molecule has 3 heteroatoms. The highest BCUT2D eigenvalue weighted by atomic mass is 16.5. The number of ether oxygens (including phenoxy) is 1. The number of carbonyl (C=O) groups excluding carboxylic acids is 1. The van der Waals surface area contributed by atoms with Crippen molar-refractivity contribution in [2.75, 3.05) is 13.2 Å². The van der Waals surface area contributed by atoms with Gasteiger partial charge in [0.15, 0.2) is 0 Å². The van der Waals surface area contributed by atoms with Gasteiger partial charge in [0, 0.05) is 12.8 Å². The number of hydrogen-bond donors (Lipinski definition) is 1. The molecule has 2 rings (SSSR count). The predicted molar refractivity (Wildman–Crippen MR) is 76.4 cm³/mol. The van der Waals surface area contributed by atoms with Crippen LogP contribution in [0.5, 0.6) is 5.75 Å². The first-order valence-electron chi connectivity index (χ1n) is 7.18. The van der Waals surface area contributed by atoms with E-state index in [1.54, 1.807) is 0 Å². The van der Waals surface area contributed by atoms with Gasteiger partial charge in [-0.2, -0.15) is 0 Å². The summed E-state index contributed by atoms with van der Waals surface area (Å²) in [6.07, 6.45) is 3.15. The van der Waals surface area contributed by atoms with Crippen molar-refractivity contribution in [3.8, 4) is 5.75 Å². The Kier molecular flexibility index (Phi) is 4.97. The summed E-state index contributed by atoms with van der Waals surface area (Å²) in [7, 11) is 0. The SMILES string of the molecule is CCC(CN)CC(=O)CC1CCOc2ccccc21. The average molecular weight is 261 g/mol. The molecule has 2 atom stereocenters. The van der Waals surface area contributed by atoms with E-state index in [0.717, 1.165) is 18.6 Å². The molecule has 0 saturated heterocycles. The molecule has 2 N–H and O–H groups in total. The molecule has 1 aliphatic heterocycles. The first kappa shape index (κ1) is 14.1. The molecule has 0 aromatic heterocycles. The fourth-order valence-electron chi connectivity index (χ4n) is 2.70. The summed E-state index contributed by atoms with van der Waals surface area (Å²) < 4.78 is 5.63. The lowest BCUT2D eigenvalue weighted by Gasteiger charge is -2.25.